The van der Waals surface area contributed by atoms with Gasteiger partial charge in [0.15, 0.2) is 0 Å². The highest BCUT2D eigenvalue weighted by Crippen LogP contribution is 2.29. The number of aromatic carboxylic acids is 1. The fourth-order valence-corrected chi connectivity index (χ4v) is 4.43. The van der Waals surface area contributed by atoms with Crippen LogP contribution in [0.3, 0.4) is 0 Å². The third-order valence-corrected chi connectivity index (χ3v) is 5.74. The molecule has 116 valence electrons. The largest absolute Gasteiger partial charge is 0.478 e. The van der Waals surface area contributed by atoms with Gasteiger partial charge >= 0.3 is 5.97 Å². The monoisotopic (exact) mass is 317 g/mol. The smallest absolute Gasteiger partial charge is 0.335 e. The van der Waals surface area contributed by atoms with E-state index in [4.69, 9.17) is 5.11 Å². The van der Waals surface area contributed by atoms with E-state index in [2.05, 4.69) is 0 Å². The quantitative estimate of drug-likeness (QED) is 0.863. The van der Waals surface area contributed by atoms with Crippen molar-refractivity contribution < 1.29 is 27.8 Å². The highest BCUT2D eigenvalue weighted by molar-refractivity contribution is 7.89. The summed E-state index contributed by atoms with van der Waals surface area (Å²) in [6.45, 7) is 1.20. The van der Waals surface area contributed by atoms with E-state index in [-0.39, 0.29) is 23.6 Å². The zero-order chi connectivity index (χ0) is 15.8. The van der Waals surface area contributed by atoms with Gasteiger partial charge in [0, 0.05) is 18.2 Å². The van der Waals surface area contributed by atoms with Gasteiger partial charge in [-0.3, -0.25) is 0 Å². The summed E-state index contributed by atoms with van der Waals surface area (Å²) in [4.78, 5) is 10.6. The zero-order valence-corrected chi connectivity index (χ0v) is 12.2. The summed E-state index contributed by atoms with van der Waals surface area (Å²) < 4.78 is 40.1. The van der Waals surface area contributed by atoms with Gasteiger partial charge < -0.3 is 10.2 Å². The third kappa shape index (κ3) is 2.78. The predicted molar refractivity (Wildman–Crippen MR) is 72.1 cm³/mol. The number of carboxylic acids is 1. The van der Waals surface area contributed by atoms with E-state index in [9.17, 15) is 22.7 Å². The molecule has 0 aromatic heterocycles. The minimum Gasteiger partial charge on any atom is -0.478 e. The molecule has 8 heteroatoms. The summed E-state index contributed by atoms with van der Waals surface area (Å²) >= 11 is 0. The van der Waals surface area contributed by atoms with Gasteiger partial charge in [-0.1, -0.05) is 0 Å². The van der Waals surface area contributed by atoms with Gasteiger partial charge in [0.2, 0.25) is 10.0 Å². The van der Waals surface area contributed by atoms with Gasteiger partial charge in [0.25, 0.3) is 0 Å². The van der Waals surface area contributed by atoms with Crippen LogP contribution in [-0.2, 0) is 10.0 Å². The Morgan fingerprint density at radius 1 is 1.48 bits per heavy atom. The van der Waals surface area contributed by atoms with Crippen molar-refractivity contribution in [2.75, 3.05) is 13.2 Å². The van der Waals surface area contributed by atoms with Crippen LogP contribution in [0.2, 0.25) is 0 Å². The first kappa shape index (κ1) is 15.9. The molecular weight excluding hydrogens is 301 g/mol. The van der Waals surface area contributed by atoms with Crippen LogP contribution in [0.15, 0.2) is 17.0 Å². The van der Waals surface area contributed by atoms with E-state index in [1.807, 2.05) is 0 Å². The molecule has 0 saturated carbocycles. The van der Waals surface area contributed by atoms with E-state index in [1.54, 1.807) is 0 Å². The third-order valence-electron chi connectivity index (χ3n) is 3.66. The zero-order valence-electron chi connectivity index (χ0n) is 11.4. The Balaban J connectivity index is 2.56. The number of carboxylic acid groups (broad SMARTS) is 1. The molecular formula is C13H16FNO5S. The second-order valence-corrected chi connectivity index (χ2v) is 6.84. The maximum Gasteiger partial charge on any atom is 0.335 e. The van der Waals surface area contributed by atoms with Gasteiger partial charge in [-0.15, -0.1) is 0 Å². The van der Waals surface area contributed by atoms with E-state index in [0.29, 0.717) is 12.8 Å². The second kappa shape index (κ2) is 5.70. The van der Waals surface area contributed by atoms with Crippen LogP contribution in [0.4, 0.5) is 4.39 Å². The number of rotatable bonds is 4. The van der Waals surface area contributed by atoms with Crippen LogP contribution in [0, 0.1) is 12.7 Å². The molecule has 2 N–H and O–H groups in total. The van der Waals surface area contributed by atoms with Crippen LogP contribution >= 0.6 is 0 Å². The van der Waals surface area contributed by atoms with Crippen molar-refractivity contribution in [2.24, 2.45) is 0 Å². The molecule has 1 aromatic carbocycles. The summed E-state index contributed by atoms with van der Waals surface area (Å²) in [5.41, 5.74) is -0.542. The Bertz CT molecular complexity index is 673. The lowest BCUT2D eigenvalue weighted by Gasteiger charge is -2.23. The second-order valence-electron chi connectivity index (χ2n) is 4.98. The molecule has 1 aliphatic rings. The van der Waals surface area contributed by atoms with E-state index in [0.717, 1.165) is 16.4 Å². The number of aliphatic hydroxyl groups excluding tert-OH is 1. The molecule has 1 unspecified atom stereocenters. The number of halogens is 1. The van der Waals surface area contributed by atoms with Crippen LogP contribution in [0.1, 0.15) is 28.8 Å². The molecule has 1 aromatic rings. The number of benzene rings is 1. The van der Waals surface area contributed by atoms with Gasteiger partial charge in [-0.05, 0) is 31.9 Å². The molecule has 2 rings (SSSR count). The normalized spacial score (nSPS) is 19.9. The Morgan fingerprint density at radius 2 is 2.14 bits per heavy atom. The Kier molecular flexibility index (Phi) is 4.31. The Hall–Kier alpha value is -1.51. The van der Waals surface area contributed by atoms with Crippen molar-refractivity contribution in [1.82, 2.24) is 4.31 Å². The van der Waals surface area contributed by atoms with Gasteiger partial charge in [-0.2, -0.15) is 4.31 Å². The molecule has 1 heterocycles. The van der Waals surface area contributed by atoms with E-state index < -0.39 is 33.4 Å². The number of hydrogen-bond donors (Lipinski definition) is 2. The molecule has 0 amide bonds. The van der Waals surface area contributed by atoms with Crippen molar-refractivity contribution in [3.05, 3.63) is 29.1 Å². The first-order valence-corrected chi connectivity index (χ1v) is 7.89. The lowest BCUT2D eigenvalue weighted by atomic mass is 10.1. The molecule has 1 atom stereocenters. The number of sulfonamides is 1. The SMILES string of the molecule is Cc1c(F)cc(C(=O)O)cc1S(=O)(=O)N1CCCC1CO. The molecule has 6 nitrogen and oxygen atoms in total. The molecule has 21 heavy (non-hydrogen) atoms. The van der Waals surface area contributed by atoms with Crippen molar-refractivity contribution in [3.63, 3.8) is 0 Å². The van der Waals surface area contributed by atoms with Gasteiger partial charge in [0.05, 0.1) is 17.1 Å². The Labute approximate surface area is 121 Å². The molecule has 1 aliphatic heterocycles. The highest BCUT2D eigenvalue weighted by atomic mass is 32.2. The fraction of sp³-hybridized carbons (Fsp3) is 0.462. The van der Waals surface area contributed by atoms with Crippen LogP contribution in [0.25, 0.3) is 0 Å². The molecule has 1 saturated heterocycles. The number of nitrogens with zero attached hydrogens (tertiary/aromatic N) is 1. The standard InChI is InChI=1S/C13H16FNO5S/c1-8-11(14)5-9(13(17)18)6-12(8)21(19,20)15-4-2-3-10(15)7-16/h5-6,10,16H,2-4,7H2,1H3,(H,17,18). The maximum absolute atomic E-state index is 13.8. The number of hydrogen-bond acceptors (Lipinski definition) is 4. The van der Waals surface area contributed by atoms with Crippen molar-refractivity contribution in [2.45, 2.75) is 30.7 Å². The fourth-order valence-electron chi connectivity index (χ4n) is 2.48. The van der Waals surface area contributed by atoms with Crippen molar-refractivity contribution in [1.29, 1.82) is 0 Å². The molecule has 0 bridgehead atoms. The first-order valence-electron chi connectivity index (χ1n) is 6.45. The summed E-state index contributed by atoms with van der Waals surface area (Å²) in [7, 11) is -4.04. The van der Waals surface area contributed by atoms with E-state index >= 15 is 0 Å². The highest BCUT2D eigenvalue weighted by Gasteiger charge is 2.36. The topological polar surface area (TPSA) is 94.9 Å². The molecule has 0 spiro atoms. The number of aliphatic hydroxyl groups is 1. The average molecular weight is 317 g/mol. The summed E-state index contributed by atoms with van der Waals surface area (Å²) in [6, 6.07) is 1.21. The summed E-state index contributed by atoms with van der Waals surface area (Å²) in [5, 5.41) is 18.2. The molecule has 0 radical (unpaired) electrons. The van der Waals surface area contributed by atoms with Gasteiger partial charge in [0.1, 0.15) is 5.82 Å². The van der Waals surface area contributed by atoms with Gasteiger partial charge in [-0.25, -0.2) is 17.6 Å². The minimum absolute atomic E-state index is 0.122. The predicted octanol–water partition coefficient (Wildman–Crippen LogP) is 0.978. The first-order chi connectivity index (χ1) is 9.78. The molecule has 0 aliphatic carbocycles. The Morgan fingerprint density at radius 3 is 2.71 bits per heavy atom. The summed E-state index contributed by atoms with van der Waals surface area (Å²) in [5.74, 6) is -2.28. The lowest BCUT2D eigenvalue weighted by Crippen LogP contribution is -2.38. The average Bonchev–Trinajstić information content (AvgIpc) is 2.90. The van der Waals surface area contributed by atoms with Crippen LogP contribution in [0.5, 0.6) is 0 Å². The maximum atomic E-state index is 13.8. The van der Waals surface area contributed by atoms with Crippen molar-refractivity contribution >= 4 is 16.0 Å². The van der Waals surface area contributed by atoms with E-state index in [1.165, 1.54) is 6.92 Å². The lowest BCUT2D eigenvalue weighted by molar-refractivity contribution is 0.0696. The van der Waals surface area contributed by atoms with Crippen molar-refractivity contribution in [3.8, 4) is 0 Å². The minimum atomic E-state index is -4.04. The van der Waals surface area contributed by atoms with Crippen LogP contribution < -0.4 is 0 Å². The van der Waals surface area contributed by atoms with Crippen LogP contribution in [-0.4, -0.2) is 48.1 Å². The summed E-state index contributed by atoms with van der Waals surface area (Å²) in [6.07, 6.45) is 1.13. The molecule has 1 fully saturated rings. The number of carbonyl (C=O) groups is 1.